The van der Waals surface area contributed by atoms with Crippen LogP contribution in [-0.4, -0.2) is 33.6 Å². The van der Waals surface area contributed by atoms with E-state index >= 15 is 0 Å². The maximum absolute atomic E-state index is 13.5. The highest BCUT2D eigenvalue weighted by atomic mass is 32.2. The Balaban J connectivity index is 1.37. The number of anilines is 1. The Kier molecular flexibility index (Phi) is 6.74. The van der Waals surface area contributed by atoms with Gasteiger partial charge in [0.25, 0.3) is 5.89 Å². The molecule has 3 aromatic rings. The molecule has 0 spiro atoms. The van der Waals surface area contributed by atoms with Gasteiger partial charge in [-0.25, -0.2) is 4.39 Å². The van der Waals surface area contributed by atoms with Gasteiger partial charge in [-0.2, -0.15) is 0 Å². The number of aromatic nitrogens is 2. The highest BCUT2D eigenvalue weighted by Crippen LogP contribution is 2.17. The summed E-state index contributed by atoms with van der Waals surface area (Å²) in [6.07, 6.45) is 0. The summed E-state index contributed by atoms with van der Waals surface area (Å²) < 4.78 is 23.9. The summed E-state index contributed by atoms with van der Waals surface area (Å²) >= 11 is 1.06. The Bertz CT molecular complexity index is 949. The number of nitrogens with one attached hydrogen (secondary N) is 1. The minimum absolute atomic E-state index is 0.0118. The molecule has 0 aliphatic heterocycles. The van der Waals surface area contributed by atoms with Crippen LogP contribution in [0.25, 0.3) is 11.5 Å². The molecule has 9 heteroatoms. The first-order chi connectivity index (χ1) is 13.6. The van der Waals surface area contributed by atoms with E-state index in [1.165, 1.54) is 18.2 Å². The first kappa shape index (κ1) is 19.6. The summed E-state index contributed by atoms with van der Waals surface area (Å²) in [5, 5.41) is 10.2. The predicted octanol–water partition coefficient (Wildman–Crippen LogP) is 3.29. The average Bonchev–Trinajstić information content (AvgIpc) is 3.18. The van der Waals surface area contributed by atoms with Crippen LogP contribution in [0.2, 0.25) is 0 Å². The smallest absolute Gasteiger partial charge is 0.316 e. The topological polar surface area (TPSA) is 94.3 Å². The number of hydrogen-bond acceptors (Lipinski definition) is 7. The highest BCUT2D eigenvalue weighted by Gasteiger charge is 2.12. The molecular weight excluding hydrogens is 385 g/mol. The van der Waals surface area contributed by atoms with E-state index in [0.717, 1.165) is 17.3 Å². The van der Waals surface area contributed by atoms with Crippen molar-refractivity contribution >= 4 is 29.3 Å². The lowest BCUT2D eigenvalue weighted by atomic mass is 10.2. The van der Waals surface area contributed by atoms with Gasteiger partial charge < -0.3 is 14.5 Å². The van der Waals surface area contributed by atoms with Gasteiger partial charge in [-0.3, -0.25) is 9.59 Å². The minimum atomic E-state index is -0.525. The molecule has 7 nitrogen and oxygen atoms in total. The standard InChI is InChI=1S/C19H16FN3O4S/c20-14-8-4-5-9-15(14)21-16(24)11-28-12-18(25)26-10-17-22-23-19(27-17)13-6-2-1-3-7-13/h1-9H,10-12H2,(H,21,24). The van der Waals surface area contributed by atoms with Crippen LogP contribution in [0.3, 0.4) is 0 Å². The lowest BCUT2D eigenvalue weighted by molar-refractivity contribution is -0.142. The third-order valence-electron chi connectivity index (χ3n) is 3.45. The minimum Gasteiger partial charge on any atom is -0.455 e. The molecule has 1 N–H and O–H groups in total. The monoisotopic (exact) mass is 401 g/mol. The van der Waals surface area contributed by atoms with Gasteiger partial charge >= 0.3 is 5.97 Å². The van der Waals surface area contributed by atoms with Crippen LogP contribution >= 0.6 is 11.8 Å². The Morgan fingerprint density at radius 3 is 2.57 bits per heavy atom. The number of halogens is 1. The molecule has 3 rings (SSSR count). The molecule has 28 heavy (non-hydrogen) atoms. The molecule has 0 atom stereocenters. The number of rotatable bonds is 8. The first-order valence-electron chi connectivity index (χ1n) is 8.27. The third-order valence-corrected chi connectivity index (χ3v) is 4.35. The van der Waals surface area contributed by atoms with Crippen molar-refractivity contribution in [2.24, 2.45) is 0 Å². The number of hydrogen-bond donors (Lipinski definition) is 1. The van der Waals surface area contributed by atoms with E-state index in [9.17, 15) is 14.0 Å². The van der Waals surface area contributed by atoms with E-state index in [0.29, 0.717) is 5.89 Å². The molecule has 1 heterocycles. The van der Waals surface area contributed by atoms with Crippen molar-refractivity contribution in [3.63, 3.8) is 0 Å². The Labute approximate surface area is 164 Å². The third kappa shape index (κ3) is 5.65. The van der Waals surface area contributed by atoms with E-state index in [-0.39, 0.29) is 29.7 Å². The Morgan fingerprint density at radius 2 is 1.79 bits per heavy atom. The van der Waals surface area contributed by atoms with Crippen LogP contribution in [0.15, 0.2) is 59.0 Å². The summed E-state index contributed by atoms with van der Waals surface area (Å²) in [5.74, 6) is -0.988. The summed E-state index contributed by atoms with van der Waals surface area (Å²) in [7, 11) is 0. The number of para-hydroxylation sites is 1. The Hall–Kier alpha value is -3.20. The van der Waals surface area contributed by atoms with E-state index in [1.54, 1.807) is 6.07 Å². The summed E-state index contributed by atoms with van der Waals surface area (Å²) in [4.78, 5) is 23.5. The second kappa shape index (κ2) is 9.65. The molecule has 2 aromatic carbocycles. The molecule has 1 amide bonds. The van der Waals surface area contributed by atoms with Crippen molar-refractivity contribution in [3.8, 4) is 11.5 Å². The first-order valence-corrected chi connectivity index (χ1v) is 9.43. The van der Waals surface area contributed by atoms with Crippen LogP contribution in [0.4, 0.5) is 10.1 Å². The number of ether oxygens (including phenoxy) is 1. The average molecular weight is 401 g/mol. The second-order valence-corrected chi connectivity index (χ2v) is 6.53. The fourth-order valence-electron chi connectivity index (χ4n) is 2.17. The normalized spacial score (nSPS) is 10.5. The fourth-order valence-corrected chi connectivity index (χ4v) is 2.78. The van der Waals surface area contributed by atoms with Crippen LogP contribution in [0, 0.1) is 5.82 Å². The Morgan fingerprint density at radius 1 is 1.04 bits per heavy atom. The maximum Gasteiger partial charge on any atom is 0.316 e. The number of amides is 1. The molecule has 0 unspecified atom stereocenters. The highest BCUT2D eigenvalue weighted by molar-refractivity contribution is 8.00. The molecule has 0 saturated carbocycles. The SMILES string of the molecule is O=C(CSCC(=O)OCc1nnc(-c2ccccc2)o1)Nc1ccccc1F. The summed E-state index contributed by atoms with van der Waals surface area (Å²) in [6.45, 7) is -0.152. The fraction of sp³-hybridized carbons (Fsp3) is 0.158. The molecule has 0 radical (unpaired) electrons. The van der Waals surface area contributed by atoms with Gasteiger partial charge in [0.2, 0.25) is 11.8 Å². The number of benzene rings is 2. The van der Waals surface area contributed by atoms with Crippen molar-refractivity contribution in [3.05, 3.63) is 66.3 Å². The van der Waals surface area contributed by atoms with Crippen molar-refractivity contribution in [2.75, 3.05) is 16.8 Å². The summed E-state index contributed by atoms with van der Waals surface area (Å²) in [5.41, 5.74) is 0.866. The van der Waals surface area contributed by atoms with E-state index in [1.807, 2.05) is 30.3 Å². The number of nitrogens with zero attached hydrogens (tertiary/aromatic N) is 2. The van der Waals surface area contributed by atoms with Crippen molar-refractivity contribution in [2.45, 2.75) is 6.61 Å². The van der Waals surface area contributed by atoms with Gasteiger partial charge in [-0.05, 0) is 24.3 Å². The molecule has 1 aromatic heterocycles. The van der Waals surface area contributed by atoms with Crippen LogP contribution in [0.1, 0.15) is 5.89 Å². The number of thioether (sulfide) groups is 1. The van der Waals surface area contributed by atoms with E-state index in [2.05, 4.69) is 15.5 Å². The zero-order valence-electron chi connectivity index (χ0n) is 14.6. The van der Waals surface area contributed by atoms with Gasteiger partial charge in [0.1, 0.15) is 5.82 Å². The number of esters is 1. The maximum atomic E-state index is 13.5. The van der Waals surface area contributed by atoms with Gasteiger partial charge in [0, 0.05) is 5.56 Å². The molecule has 0 fully saturated rings. The largest absolute Gasteiger partial charge is 0.455 e. The van der Waals surface area contributed by atoms with Crippen LogP contribution in [-0.2, 0) is 20.9 Å². The van der Waals surface area contributed by atoms with Gasteiger partial charge in [-0.15, -0.1) is 22.0 Å². The lowest BCUT2D eigenvalue weighted by Crippen LogP contribution is -2.17. The molecule has 0 aliphatic rings. The van der Waals surface area contributed by atoms with Crippen molar-refractivity contribution < 1.29 is 23.1 Å². The lowest BCUT2D eigenvalue weighted by Gasteiger charge is -2.06. The molecule has 0 aliphatic carbocycles. The molecule has 144 valence electrons. The van der Waals surface area contributed by atoms with Gasteiger partial charge in [-0.1, -0.05) is 30.3 Å². The molecule has 0 bridgehead atoms. The quantitative estimate of drug-likeness (QED) is 0.579. The second-order valence-electron chi connectivity index (χ2n) is 5.55. The summed E-state index contributed by atoms with van der Waals surface area (Å²) in [6, 6.07) is 15.1. The van der Waals surface area contributed by atoms with Gasteiger partial charge in [0.05, 0.1) is 17.2 Å². The van der Waals surface area contributed by atoms with Gasteiger partial charge in [0.15, 0.2) is 6.61 Å². The zero-order chi connectivity index (χ0) is 19.8. The number of carbonyl (C=O) groups excluding carboxylic acids is 2. The number of carbonyl (C=O) groups is 2. The molecular formula is C19H16FN3O4S. The van der Waals surface area contributed by atoms with Crippen LogP contribution < -0.4 is 5.32 Å². The molecule has 0 saturated heterocycles. The van der Waals surface area contributed by atoms with Crippen molar-refractivity contribution in [1.82, 2.24) is 10.2 Å². The van der Waals surface area contributed by atoms with E-state index in [4.69, 9.17) is 9.15 Å². The predicted molar refractivity (Wildman–Crippen MR) is 102 cm³/mol. The zero-order valence-corrected chi connectivity index (χ0v) is 15.4. The van der Waals surface area contributed by atoms with Crippen LogP contribution in [0.5, 0.6) is 0 Å². The van der Waals surface area contributed by atoms with Crippen molar-refractivity contribution in [1.29, 1.82) is 0 Å². The van der Waals surface area contributed by atoms with E-state index < -0.39 is 17.7 Å².